The Morgan fingerprint density at radius 3 is 2.64 bits per heavy atom. The van der Waals surface area contributed by atoms with E-state index in [1.807, 2.05) is 35.0 Å². The van der Waals surface area contributed by atoms with E-state index < -0.39 is 0 Å². The number of nitrogens with zero attached hydrogens (tertiary/aromatic N) is 4. The van der Waals surface area contributed by atoms with Gasteiger partial charge in [0.1, 0.15) is 17.8 Å². The van der Waals surface area contributed by atoms with Crippen molar-refractivity contribution in [3.8, 4) is 0 Å². The van der Waals surface area contributed by atoms with E-state index in [4.69, 9.17) is 0 Å². The lowest BCUT2D eigenvalue weighted by molar-refractivity contribution is 0.0787. The predicted octanol–water partition coefficient (Wildman–Crippen LogP) is 2.35. The third-order valence-electron chi connectivity index (χ3n) is 3.92. The number of hydrogen-bond acceptors (Lipinski definition) is 4. The molecule has 1 aromatic heterocycles. The van der Waals surface area contributed by atoms with Crippen LogP contribution < -0.4 is 4.90 Å². The van der Waals surface area contributed by atoms with E-state index in [1.54, 1.807) is 6.07 Å². The van der Waals surface area contributed by atoms with Crippen molar-refractivity contribution in [3.63, 3.8) is 0 Å². The maximum absolute atomic E-state index is 12.4. The molecule has 2 heterocycles. The molecule has 1 aliphatic heterocycles. The number of anilines is 1. The van der Waals surface area contributed by atoms with Crippen LogP contribution in [0.25, 0.3) is 0 Å². The van der Waals surface area contributed by atoms with Gasteiger partial charge in [0.2, 0.25) is 0 Å². The molecular formula is C17H20N4O. The number of likely N-dealkylation sites (tertiary alicyclic amines) is 1. The van der Waals surface area contributed by atoms with Gasteiger partial charge in [0, 0.05) is 32.7 Å². The summed E-state index contributed by atoms with van der Waals surface area (Å²) in [4.78, 5) is 24.7. The van der Waals surface area contributed by atoms with Crippen LogP contribution in [0.1, 0.15) is 28.9 Å². The molecule has 1 aromatic carbocycles. The zero-order valence-electron chi connectivity index (χ0n) is 12.8. The van der Waals surface area contributed by atoms with Crippen LogP contribution in [0.3, 0.4) is 0 Å². The standard InChI is InChI=1S/C17H20N4O/c1-20(12-14-7-3-2-4-8-14)16-11-15(18-13-19-16)17(22)21-9-5-6-10-21/h2-4,7-8,11,13H,5-6,9-10,12H2,1H3. The van der Waals surface area contributed by atoms with Gasteiger partial charge in [-0.3, -0.25) is 4.79 Å². The molecule has 114 valence electrons. The Hall–Kier alpha value is -2.43. The average Bonchev–Trinajstić information content (AvgIpc) is 3.09. The number of amides is 1. The lowest BCUT2D eigenvalue weighted by Crippen LogP contribution is -2.29. The molecule has 0 spiro atoms. The zero-order chi connectivity index (χ0) is 15.4. The Bertz CT molecular complexity index is 638. The second-order valence-corrected chi connectivity index (χ2v) is 5.60. The molecule has 0 atom stereocenters. The Morgan fingerprint density at radius 2 is 1.91 bits per heavy atom. The van der Waals surface area contributed by atoms with Crippen molar-refractivity contribution in [2.75, 3.05) is 25.0 Å². The molecule has 5 nitrogen and oxygen atoms in total. The van der Waals surface area contributed by atoms with Gasteiger partial charge in [0.15, 0.2) is 0 Å². The van der Waals surface area contributed by atoms with Gasteiger partial charge in [-0.1, -0.05) is 30.3 Å². The maximum atomic E-state index is 12.4. The minimum absolute atomic E-state index is 0.00858. The van der Waals surface area contributed by atoms with Crippen molar-refractivity contribution in [1.82, 2.24) is 14.9 Å². The van der Waals surface area contributed by atoms with E-state index in [-0.39, 0.29) is 5.91 Å². The summed E-state index contributed by atoms with van der Waals surface area (Å²) in [5.74, 6) is 0.774. The van der Waals surface area contributed by atoms with Gasteiger partial charge in [-0.2, -0.15) is 0 Å². The fourth-order valence-electron chi connectivity index (χ4n) is 2.69. The topological polar surface area (TPSA) is 49.3 Å². The first-order valence-corrected chi connectivity index (χ1v) is 7.60. The van der Waals surface area contributed by atoms with E-state index in [9.17, 15) is 4.79 Å². The van der Waals surface area contributed by atoms with Crippen molar-refractivity contribution in [2.45, 2.75) is 19.4 Å². The van der Waals surface area contributed by atoms with Gasteiger partial charge in [0.25, 0.3) is 5.91 Å². The molecule has 0 aliphatic carbocycles. The van der Waals surface area contributed by atoms with Crippen molar-refractivity contribution >= 4 is 11.7 Å². The molecule has 0 radical (unpaired) electrons. The molecule has 1 fully saturated rings. The highest BCUT2D eigenvalue weighted by atomic mass is 16.2. The van der Waals surface area contributed by atoms with Crippen molar-refractivity contribution in [3.05, 3.63) is 54.0 Å². The molecule has 1 amide bonds. The largest absolute Gasteiger partial charge is 0.355 e. The first kappa shape index (κ1) is 14.5. The van der Waals surface area contributed by atoms with Crippen LogP contribution in [0.4, 0.5) is 5.82 Å². The lowest BCUT2D eigenvalue weighted by atomic mass is 10.2. The number of hydrogen-bond donors (Lipinski definition) is 0. The van der Waals surface area contributed by atoms with E-state index in [0.717, 1.165) is 38.3 Å². The molecular weight excluding hydrogens is 276 g/mol. The molecule has 3 rings (SSSR count). The van der Waals surface area contributed by atoms with Crippen molar-refractivity contribution < 1.29 is 4.79 Å². The first-order valence-electron chi connectivity index (χ1n) is 7.60. The molecule has 1 saturated heterocycles. The Balaban J connectivity index is 1.74. The van der Waals surface area contributed by atoms with Crippen LogP contribution in [0, 0.1) is 0 Å². The number of carbonyl (C=O) groups is 1. The Labute approximate surface area is 130 Å². The second kappa shape index (κ2) is 6.56. The molecule has 5 heteroatoms. The summed E-state index contributed by atoms with van der Waals surface area (Å²) < 4.78 is 0. The summed E-state index contributed by atoms with van der Waals surface area (Å²) in [5, 5.41) is 0. The highest BCUT2D eigenvalue weighted by Gasteiger charge is 2.21. The maximum Gasteiger partial charge on any atom is 0.272 e. The monoisotopic (exact) mass is 296 g/mol. The summed E-state index contributed by atoms with van der Waals surface area (Å²) >= 11 is 0. The molecule has 1 aliphatic rings. The summed E-state index contributed by atoms with van der Waals surface area (Å²) in [5.41, 5.74) is 1.68. The summed E-state index contributed by atoms with van der Waals surface area (Å²) in [6.07, 6.45) is 3.63. The van der Waals surface area contributed by atoms with Gasteiger partial charge >= 0.3 is 0 Å². The van der Waals surface area contributed by atoms with E-state index in [0.29, 0.717) is 5.69 Å². The molecule has 0 N–H and O–H groups in total. The van der Waals surface area contributed by atoms with Crippen LogP contribution in [0.5, 0.6) is 0 Å². The normalized spacial score (nSPS) is 14.1. The molecule has 2 aromatic rings. The minimum atomic E-state index is 0.00858. The number of carbonyl (C=O) groups excluding carboxylic acids is 1. The summed E-state index contributed by atoms with van der Waals surface area (Å²) in [6.45, 7) is 2.41. The smallest absolute Gasteiger partial charge is 0.272 e. The van der Waals surface area contributed by atoms with Crippen LogP contribution in [0.15, 0.2) is 42.7 Å². The molecule has 22 heavy (non-hydrogen) atoms. The quantitative estimate of drug-likeness (QED) is 0.869. The summed E-state index contributed by atoms with van der Waals surface area (Å²) in [7, 11) is 1.97. The fourth-order valence-corrected chi connectivity index (χ4v) is 2.69. The predicted molar refractivity (Wildman–Crippen MR) is 85.7 cm³/mol. The van der Waals surface area contributed by atoms with Gasteiger partial charge in [-0.25, -0.2) is 9.97 Å². The molecule has 0 saturated carbocycles. The lowest BCUT2D eigenvalue weighted by Gasteiger charge is -2.19. The van der Waals surface area contributed by atoms with Crippen molar-refractivity contribution in [2.24, 2.45) is 0 Å². The Morgan fingerprint density at radius 1 is 1.18 bits per heavy atom. The van der Waals surface area contributed by atoms with Crippen LogP contribution >= 0.6 is 0 Å². The second-order valence-electron chi connectivity index (χ2n) is 5.60. The van der Waals surface area contributed by atoms with Gasteiger partial charge in [0.05, 0.1) is 0 Å². The molecule has 0 unspecified atom stereocenters. The molecule has 0 bridgehead atoms. The number of benzene rings is 1. The highest BCUT2D eigenvalue weighted by molar-refractivity contribution is 5.93. The number of rotatable bonds is 4. The summed E-state index contributed by atoms with van der Waals surface area (Å²) in [6, 6.07) is 12.0. The van der Waals surface area contributed by atoms with Crippen LogP contribution in [-0.2, 0) is 6.54 Å². The van der Waals surface area contributed by atoms with Gasteiger partial charge in [-0.05, 0) is 18.4 Å². The average molecular weight is 296 g/mol. The highest BCUT2D eigenvalue weighted by Crippen LogP contribution is 2.16. The van der Waals surface area contributed by atoms with E-state index >= 15 is 0 Å². The third-order valence-corrected chi connectivity index (χ3v) is 3.92. The minimum Gasteiger partial charge on any atom is -0.355 e. The van der Waals surface area contributed by atoms with Gasteiger partial charge < -0.3 is 9.80 Å². The zero-order valence-corrected chi connectivity index (χ0v) is 12.8. The van der Waals surface area contributed by atoms with Crippen molar-refractivity contribution in [1.29, 1.82) is 0 Å². The Kier molecular flexibility index (Phi) is 4.32. The fraction of sp³-hybridized carbons (Fsp3) is 0.353. The van der Waals surface area contributed by atoms with Crippen LogP contribution in [-0.4, -0.2) is 40.9 Å². The SMILES string of the molecule is CN(Cc1ccccc1)c1cc(C(=O)N2CCCC2)ncn1. The van der Waals surface area contributed by atoms with Crippen LogP contribution in [0.2, 0.25) is 0 Å². The third kappa shape index (κ3) is 3.24. The number of aromatic nitrogens is 2. The first-order chi connectivity index (χ1) is 10.7. The van der Waals surface area contributed by atoms with E-state index in [1.165, 1.54) is 11.9 Å². The van der Waals surface area contributed by atoms with Gasteiger partial charge in [-0.15, -0.1) is 0 Å². The van der Waals surface area contributed by atoms with E-state index in [2.05, 4.69) is 22.1 Å².